The van der Waals surface area contributed by atoms with E-state index in [1.807, 2.05) is 0 Å². The van der Waals surface area contributed by atoms with Crippen LogP contribution >= 0.6 is 0 Å². The summed E-state index contributed by atoms with van der Waals surface area (Å²) in [6, 6.07) is 0. The van der Waals surface area contributed by atoms with Gasteiger partial charge in [-0.15, -0.1) is 0 Å². The van der Waals surface area contributed by atoms with Crippen molar-refractivity contribution in [2.45, 2.75) is 206 Å². The summed E-state index contributed by atoms with van der Waals surface area (Å²) in [4.78, 5) is 11.5. The van der Waals surface area contributed by atoms with Crippen LogP contribution in [0.5, 0.6) is 0 Å². The second-order valence-electron chi connectivity index (χ2n) is 12.2. The first-order valence-electron chi connectivity index (χ1n) is 17.6. The third-order valence-electron chi connectivity index (χ3n) is 8.15. The molecule has 0 bridgehead atoms. The molecule has 0 aromatic carbocycles. The fraction of sp³-hybridized carbons (Fsp3) is 0.971. The molecule has 0 rings (SSSR count). The minimum absolute atomic E-state index is 0. The summed E-state index contributed by atoms with van der Waals surface area (Å²) in [6.45, 7) is 4.56. The molecule has 0 radical (unpaired) electrons. The molecule has 0 aliphatic heterocycles. The summed E-state index contributed by atoms with van der Waals surface area (Å²) in [5, 5.41) is 11.5. The summed E-state index contributed by atoms with van der Waals surface area (Å²) in [7, 11) is -5.17. The van der Waals surface area contributed by atoms with Crippen LogP contribution in [-0.2, 0) is 15.2 Å². The van der Waals surface area contributed by atoms with Gasteiger partial charge in [0.25, 0.3) is 0 Å². The van der Waals surface area contributed by atoms with Crippen molar-refractivity contribution in [3.63, 3.8) is 0 Å². The second kappa shape index (κ2) is 45.3. The van der Waals surface area contributed by atoms with Crippen molar-refractivity contribution >= 4 is 16.4 Å². The first-order valence-corrected chi connectivity index (χ1v) is 18.9. The molecule has 10 heteroatoms. The topological polar surface area (TPSA) is 120 Å². The number of aliphatic carboxylic acids is 1. The maximum atomic E-state index is 11.5. The molecule has 0 N–H and O–H groups in total. The zero-order chi connectivity index (χ0) is 30.9. The van der Waals surface area contributed by atoms with Crippen LogP contribution in [0.4, 0.5) is 0 Å². The van der Waals surface area contributed by atoms with Gasteiger partial charge in [0, 0.05) is 16.4 Å². The fourth-order valence-corrected chi connectivity index (χ4v) is 5.55. The molecule has 6 nitrogen and oxygen atoms in total. The molecule has 0 aliphatic rings. The molecule has 0 heterocycles. The van der Waals surface area contributed by atoms with Gasteiger partial charge in [-0.2, -0.15) is 0 Å². The Labute approximate surface area is 341 Å². The number of carboxylic acid groups (broad SMARTS) is 1. The zero-order valence-electron chi connectivity index (χ0n) is 30.1. The summed E-state index contributed by atoms with van der Waals surface area (Å²) in [5.41, 5.74) is 0. The molecule has 0 unspecified atom stereocenters. The Morgan fingerprint density at radius 2 is 0.591 bits per heavy atom. The van der Waals surface area contributed by atoms with Crippen LogP contribution in [-0.4, -0.2) is 23.5 Å². The van der Waals surface area contributed by atoms with E-state index < -0.39 is 16.4 Å². The summed E-state index contributed by atoms with van der Waals surface area (Å²) in [5.74, 6) is -1.01. The van der Waals surface area contributed by atoms with E-state index in [0.29, 0.717) is 0 Å². The van der Waals surface area contributed by atoms with Crippen molar-refractivity contribution in [2.24, 2.45) is 5.92 Å². The third-order valence-corrected chi connectivity index (χ3v) is 8.15. The number of unbranched alkanes of at least 4 members (excludes halogenated alkanes) is 26. The Hall–Kier alpha value is 2.34. The molecule has 0 spiro atoms. The zero-order valence-corrected chi connectivity index (χ0v) is 37.0. The number of rotatable bonds is 31. The predicted octanol–water partition coefficient (Wildman–Crippen LogP) is 0.769. The van der Waals surface area contributed by atoms with E-state index in [4.69, 9.17) is 17.5 Å². The van der Waals surface area contributed by atoms with Crippen molar-refractivity contribution < 1.29 is 116 Å². The van der Waals surface area contributed by atoms with Crippen LogP contribution in [0, 0.1) is 5.92 Å². The van der Waals surface area contributed by atoms with Gasteiger partial charge in [0.1, 0.15) is 0 Å². The number of hydrogen-bond donors (Lipinski definition) is 0. The number of carboxylic acids is 1. The second-order valence-corrected chi connectivity index (χ2v) is 13.0. The van der Waals surface area contributed by atoms with Crippen molar-refractivity contribution in [1.82, 2.24) is 0 Å². The predicted molar refractivity (Wildman–Crippen MR) is 169 cm³/mol. The van der Waals surface area contributed by atoms with Crippen molar-refractivity contribution in [3.05, 3.63) is 0 Å². The number of hydrogen-bond acceptors (Lipinski definition) is 6. The normalized spacial score (nSPS) is 10.8. The van der Waals surface area contributed by atoms with Crippen molar-refractivity contribution in [1.29, 1.82) is 0 Å². The van der Waals surface area contributed by atoms with Crippen LogP contribution < -0.4 is 93.8 Å². The molecule has 0 aromatic rings. The largest absolute Gasteiger partial charge is 1.00 e. The molecule has 0 atom stereocenters. The van der Waals surface area contributed by atoms with E-state index in [-0.39, 0.29) is 94.6 Å². The van der Waals surface area contributed by atoms with Gasteiger partial charge in [-0.3, -0.25) is 8.42 Å². The van der Waals surface area contributed by atoms with E-state index in [9.17, 15) is 9.90 Å². The first kappa shape index (κ1) is 55.7. The van der Waals surface area contributed by atoms with E-state index in [1.54, 1.807) is 0 Å². The molecule has 44 heavy (non-hydrogen) atoms. The molecular weight excluding hydrogens is 605 g/mol. The summed E-state index contributed by atoms with van der Waals surface area (Å²) >= 11 is 0. The van der Waals surface area contributed by atoms with Gasteiger partial charge >= 0.3 is 88.7 Å². The van der Waals surface area contributed by atoms with E-state index >= 15 is 0 Å². The average molecular weight is 673 g/mol. The Kier molecular flexibility index (Phi) is 57.4. The van der Waals surface area contributed by atoms with E-state index in [1.165, 1.54) is 167 Å². The SMILES string of the molecule is CCCCCCCCCCCCCCCCC(CCCCCCCCCCCCCCCC)C(=O)[O-].O=S(=O)([O-])[O-].[Na+].[Na+].[Na+]. The van der Waals surface area contributed by atoms with Gasteiger partial charge in [0.05, 0.1) is 0 Å². The minimum atomic E-state index is -5.17. The smallest absolute Gasteiger partial charge is 0.759 e. The molecule has 0 aliphatic carbocycles. The molecular formula is C34H67Na3O6S. The Balaban J connectivity index is -0.000000582. The Morgan fingerprint density at radius 1 is 0.432 bits per heavy atom. The van der Waals surface area contributed by atoms with Gasteiger partial charge in [0.15, 0.2) is 0 Å². The van der Waals surface area contributed by atoms with E-state index in [0.717, 1.165) is 25.7 Å². The van der Waals surface area contributed by atoms with Crippen molar-refractivity contribution in [2.75, 3.05) is 0 Å². The molecule has 0 amide bonds. The minimum Gasteiger partial charge on any atom is -0.759 e. The molecule has 0 saturated carbocycles. The molecule has 248 valence electrons. The number of carbonyl (C=O) groups excluding carboxylic acids is 1. The maximum Gasteiger partial charge on any atom is 1.00 e. The van der Waals surface area contributed by atoms with Gasteiger partial charge in [-0.1, -0.05) is 194 Å². The summed E-state index contributed by atoms with van der Waals surface area (Å²) in [6.07, 6.45) is 39.4. The fourth-order valence-electron chi connectivity index (χ4n) is 5.55. The first-order chi connectivity index (χ1) is 19.7. The monoisotopic (exact) mass is 672 g/mol. The van der Waals surface area contributed by atoms with Crippen LogP contribution in [0.15, 0.2) is 0 Å². The standard InChI is InChI=1S/C34H68O2.3Na.H2O4S/c1-3-5-7-9-11-13-15-17-19-21-23-25-27-29-31-33(34(35)36)32-30-28-26-24-22-20-18-16-14-12-10-8-6-4-2;;;;1-5(2,3)4/h33H,3-32H2,1-2H3,(H,35,36);;;;(H2,1,2,3,4)/q;3*+1;/p-3. The van der Waals surface area contributed by atoms with Crippen LogP contribution in [0.25, 0.3) is 0 Å². The Morgan fingerprint density at radius 3 is 0.750 bits per heavy atom. The molecule has 0 saturated heterocycles. The van der Waals surface area contributed by atoms with Gasteiger partial charge in [-0.25, -0.2) is 0 Å². The maximum absolute atomic E-state index is 11.5. The average Bonchev–Trinajstić information content (AvgIpc) is 2.91. The molecule has 0 fully saturated rings. The summed E-state index contributed by atoms with van der Waals surface area (Å²) < 4.78 is 34.1. The van der Waals surface area contributed by atoms with Crippen molar-refractivity contribution in [3.8, 4) is 0 Å². The molecule has 0 aromatic heterocycles. The quantitative estimate of drug-likeness (QED) is 0.0465. The van der Waals surface area contributed by atoms with Crippen LogP contribution in [0.1, 0.15) is 206 Å². The van der Waals surface area contributed by atoms with Gasteiger partial charge in [0.2, 0.25) is 0 Å². The third kappa shape index (κ3) is 56.7. The van der Waals surface area contributed by atoms with Crippen LogP contribution in [0.3, 0.4) is 0 Å². The van der Waals surface area contributed by atoms with Gasteiger partial charge < -0.3 is 19.0 Å². The Bertz CT molecular complexity index is 599. The van der Waals surface area contributed by atoms with E-state index in [2.05, 4.69) is 13.8 Å². The number of carbonyl (C=O) groups is 1. The van der Waals surface area contributed by atoms with Crippen LogP contribution in [0.2, 0.25) is 0 Å². The van der Waals surface area contributed by atoms with Gasteiger partial charge in [-0.05, 0) is 18.8 Å².